The van der Waals surface area contributed by atoms with E-state index >= 15 is 0 Å². The Morgan fingerprint density at radius 3 is 2.89 bits per heavy atom. The van der Waals surface area contributed by atoms with Crippen molar-refractivity contribution in [3.8, 4) is 5.75 Å². The van der Waals surface area contributed by atoms with Crippen LogP contribution in [0.25, 0.3) is 0 Å². The molecule has 0 bridgehead atoms. The van der Waals surface area contributed by atoms with Crippen molar-refractivity contribution in [3.63, 3.8) is 0 Å². The first-order chi connectivity index (χ1) is 8.81. The zero-order valence-electron chi connectivity index (χ0n) is 10.3. The van der Waals surface area contributed by atoms with Gasteiger partial charge < -0.3 is 9.15 Å². The lowest BCUT2D eigenvalue weighted by Crippen LogP contribution is -2.29. The topological polar surface area (TPSA) is 60.4 Å². The van der Waals surface area contributed by atoms with E-state index in [0.717, 1.165) is 35.7 Å². The van der Waals surface area contributed by atoms with E-state index in [4.69, 9.17) is 15.0 Å². The predicted octanol–water partition coefficient (Wildman–Crippen LogP) is 2.08. The fourth-order valence-corrected chi connectivity index (χ4v) is 2.51. The Morgan fingerprint density at radius 1 is 1.28 bits per heavy atom. The maximum absolute atomic E-state index is 5.72. The van der Waals surface area contributed by atoms with Gasteiger partial charge in [0.25, 0.3) is 0 Å². The maximum Gasteiger partial charge on any atom is 0.127 e. The largest absolute Gasteiger partial charge is 0.493 e. The Kier molecular flexibility index (Phi) is 2.81. The smallest absolute Gasteiger partial charge is 0.127 e. The number of benzene rings is 1. The second kappa shape index (κ2) is 4.48. The number of hydrogen-bond acceptors (Lipinski definition) is 4. The van der Waals surface area contributed by atoms with Crippen molar-refractivity contribution in [1.82, 2.24) is 5.43 Å². The van der Waals surface area contributed by atoms with Gasteiger partial charge in [0.1, 0.15) is 11.5 Å². The summed E-state index contributed by atoms with van der Waals surface area (Å²) < 4.78 is 11.1. The van der Waals surface area contributed by atoms with Gasteiger partial charge in [-0.15, -0.1) is 0 Å². The lowest BCUT2D eigenvalue weighted by molar-refractivity contribution is 0.350. The second-order valence-corrected chi connectivity index (χ2v) is 4.47. The number of ether oxygens (including phenoxy) is 1. The van der Waals surface area contributed by atoms with Crippen LogP contribution in [0.1, 0.15) is 28.5 Å². The highest BCUT2D eigenvalue weighted by atomic mass is 16.5. The number of hydrogen-bond donors (Lipinski definition) is 2. The fourth-order valence-electron chi connectivity index (χ4n) is 2.51. The number of aryl methyl sites for hydroxylation is 1. The molecule has 0 saturated carbocycles. The van der Waals surface area contributed by atoms with E-state index < -0.39 is 0 Å². The summed E-state index contributed by atoms with van der Waals surface area (Å²) in [6.45, 7) is 2.68. The molecule has 18 heavy (non-hydrogen) atoms. The van der Waals surface area contributed by atoms with Crippen LogP contribution in [-0.4, -0.2) is 6.61 Å². The van der Waals surface area contributed by atoms with Gasteiger partial charge in [-0.25, -0.2) is 5.43 Å². The van der Waals surface area contributed by atoms with E-state index in [2.05, 4.69) is 11.5 Å². The molecule has 0 radical (unpaired) electrons. The molecule has 0 spiro atoms. The van der Waals surface area contributed by atoms with Crippen molar-refractivity contribution in [1.29, 1.82) is 0 Å². The highest BCUT2D eigenvalue weighted by molar-refractivity contribution is 5.48. The lowest BCUT2D eigenvalue weighted by Gasteiger charge is -2.18. The van der Waals surface area contributed by atoms with Crippen molar-refractivity contribution < 1.29 is 9.15 Å². The van der Waals surface area contributed by atoms with Crippen LogP contribution in [0, 0.1) is 6.92 Å². The van der Waals surface area contributed by atoms with E-state index in [1.807, 2.05) is 25.1 Å². The molecule has 2 heterocycles. The minimum absolute atomic E-state index is 0.100. The average Bonchev–Trinajstić information content (AvgIpc) is 3.00. The van der Waals surface area contributed by atoms with Crippen LogP contribution in [0.3, 0.4) is 0 Å². The molecule has 3 rings (SSSR count). The summed E-state index contributed by atoms with van der Waals surface area (Å²) in [5, 5.41) is 0. The first-order valence-electron chi connectivity index (χ1n) is 6.06. The fraction of sp³-hybridized carbons (Fsp3) is 0.286. The summed E-state index contributed by atoms with van der Waals surface area (Å²) in [5.74, 6) is 7.54. The van der Waals surface area contributed by atoms with Crippen LogP contribution in [-0.2, 0) is 6.42 Å². The predicted molar refractivity (Wildman–Crippen MR) is 68.3 cm³/mol. The SMILES string of the molecule is Cc1occc1C(NN)c1cccc2c1OCC2. The Balaban J connectivity index is 2.08. The van der Waals surface area contributed by atoms with E-state index in [9.17, 15) is 0 Å². The van der Waals surface area contributed by atoms with Gasteiger partial charge in [-0.05, 0) is 18.6 Å². The van der Waals surface area contributed by atoms with Crippen LogP contribution in [0.15, 0.2) is 34.9 Å². The number of furan rings is 1. The normalized spacial score (nSPS) is 15.2. The maximum atomic E-state index is 5.72. The van der Waals surface area contributed by atoms with Crippen molar-refractivity contribution in [2.45, 2.75) is 19.4 Å². The molecule has 3 N–H and O–H groups in total. The molecular weight excluding hydrogens is 228 g/mol. The minimum Gasteiger partial charge on any atom is -0.493 e. The molecule has 1 aromatic carbocycles. The number of fused-ring (bicyclic) bond motifs is 1. The Hall–Kier alpha value is -1.78. The van der Waals surface area contributed by atoms with Gasteiger partial charge in [0.05, 0.1) is 18.9 Å². The van der Waals surface area contributed by atoms with Gasteiger partial charge in [0, 0.05) is 17.5 Å². The van der Waals surface area contributed by atoms with E-state index in [-0.39, 0.29) is 6.04 Å². The van der Waals surface area contributed by atoms with Crippen LogP contribution >= 0.6 is 0 Å². The molecule has 4 nitrogen and oxygen atoms in total. The Labute approximate surface area is 106 Å². The van der Waals surface area contributed by atoms with Gasteiger partial charge in [-0.2, -0.15) is 0 Å². The Morgan fingerprint density at radius 2 is 2.17 bits per heavy atom. The summed E-state index contributed by atoms with van der Waals surface area (Å²) >= 11 is 0. The summed E-state index contributed by atoms with van der Waals surface area (Å²) in [6.07, 6.45) is 2.64. The number of hydrazine groups is 1. The summed E-state index contributed by atoms with van der Waals surface area (Å²) in [6, 6.07) is 8.02. The summed E-state index contributed by atoms with van der Waals surface area (Å²) in [5.41, 5.74) is 6.21. The first-order valence-corrected chi connectivity index (χ1v) is 6.06. The van der Waals surface area contributed by atoms with Gasteiger partial charge in [0.15, 0.2) is 0 Å². The highest BCUT2D eigenvalue weighted by Gasteiger charge is 2.24. The molecule has 0 saturated heterocycles. The van der Waals surface area contributed by atoms with Crippen LogP contribution < -0.4 is 16.0 Å². The summed E-state index contributed by atoms with van der Waals surface area (Å²) in [7, 11) is 0. The average molecular weight is 244 g/mol. The zero-order valence-corrected chi connectivity index (χ0v) is 10.3. The van der Waals surface area contributed by atoms with Crippen molar-refractivity contribution in [3.05, 3.63) is 53.0 Å². The molecule has 1 aliphatic rings. The number of rotatable bonds is 3. The van der Waals surface area contributed by atoms with Crippen LogP contribution in [0.5, 0.6) is 5.75 Å². The van der Waals surface area contributed by atoms with Crippen molar-refractivity contribution >= 4 is 0 Å². The monoisotopic (exact) mass is 244 g/mol. The quantitative estimate of drug-likeness (QED) is 0.641. The molecule has 4 heteroatoms. The zero-order chi connectivity index (χ0) is 12.5. The molecule has 1 unspecified atom stereocenters. The molecule has 0 aliphatic carbocycles. The second-order valence-electron chi connectivity index (χ2n) is 4.47. The minimum atomic E-state index is -0.100. The van der Waals surface area contributed by atoms with Gasteiger partial charge in [0.2, 0.25) is 0 Å². The molecule has 1 atom stereocenters. The molecule has 94 valence electrons. The van der Waals surface area contributed by atoms with Gasteiger partial charge in [-0.1, -0.05) is 18.2 Å². The number of para-hydroxylation sites is 1. The van der Waals surface area contributed by atoms with Crippen molar-refractivity contribution in [2.75, 3.05) is 6.61 Å². The molecule has 1 aromatic heterocycles. The standard InChI is InChI=1S/C14H16N2O2/c1-9-11(6-8-17-9)13(16-15)12-4-2-3-10-5-7-18-14(10)12/h2-4,6,8,13,16H,5,7,15H2,1H3. The van der Waals surface area contributed by atoms with E-state index in [1.54, 1.807) is 6.26 Å². The van der Waals surface area contributed by atoms with E-state index in [1.165, 1.54) is 5.56 Å². The van der Waals surface area contributed by atoms with E-state index in [0.29, 0.717) is 0 Å². The molecule has 1 aliphatic heterocycles. The summed E-state index contributed by atoms with van der Waals surface area (Å²) in [4.78, 5) is 0. The van der Waals surface area contributed by atoms with Crippen LogP contribution in [0.4, 0.5) is 0 Å². The third-order valence-corrected chi connectivity index (χ3v) is 3.43. The van der Waals surface area contributed by atoms with Crippen molar-refractivity contribution in [2.24, 2.45) is 5.84 Å². The Bertz CT molecular complexity index is 563. The molecule has 2 aromatic rings. The molecule has 0 amide bonds. The van der Waals surface area contributed by atoms with Gasteiger partial charge >= 0.3 is 0 Å². The third kappa shape index (κ3) is 1.70. The van der Waals surface area contributed by atoms with Gasteiger partial charge in [-0.3, -0.25) is 5.84 Å². The highest BCUT2D eigenvalue weighted by Crippen LogP contribution is 2.36. The number of nitrogens with one attached hydrogen (secondary N) is 1. The van der Waals surface area contributed by atoms with Crippen LogP contribution in [0.2, 0.25) is 0 Å². The number of nitrogens with two attached hydrogens (primary N) is 1. The molecular formula is C14H16N2O2. The third-order valence-electron chi connectivity index (χ3n) is 3.43. The molecule has 0 fully saturated rings. The first kappa shape index (κ1) is 11.3. The lowest BCUT2D eigenvalue weighted by atomic mass is 9.97.